The zero-order valence-electron chi connectivity index (χ0n) is 16.9. The van der Waals surface area contributed by atoms with Gasteiger partial charge in [-0.25, -0.2) is 5.10 Å². The average Bonchev–Trinajstić information content (AvgIpc) is 3.46. The maximum absolute atomic E-state index is 6.00. The van der Waals surface area contributed by atoms with Crippen molar-refractivity contribution in [2.45, 2.75) is 6.61 Å². The van der Waals surface area contributed by atoms with Crippen LogP contribution in [0.4, 0.5) is 0 Å². The van der Waals surface area contributed by atoms with Gasteiger partial charge in [0.1, 0.15) is 6.61 Å². The second-order valence-electron chi connectivity index (χ2n) is 6.41. The third kappa shape index (κ3) is 4.68. The fourth-order valence-electron chi connectivity index (χ4n) is 2.94. The van der Waals surface area contributed by atoms with E-state index in [0.717, 1.165) is 16.0 Å². The number of ether oxygens (including phenoxy) is 3. The van der Waals surface area contributed by atoms with E-state index in [-0.39, 0.29) is 0 Å². The van der Waals surface area contributed by atoms with E-state index in [4.69, 9.17) is 26.4 Å². The van der Waals surface area contributed by atoms with Crippen LogP contribution in [-0.2, 0) is 6.61 Å². The molecule has 7 nitrogen and oxygen atoms in total. The fourth-order valence-corrected chi connectivity index (χ4v) is 3.81. The second kappa shape index (κ2) is 9.59. The van der Waals surface area contributed by atoms with Gasteiger partial charge in [0.2, 0.25) is 10.5 Å². The standard InChI is InChI=1S/C22H20N4O3S2/c1-27-17-11-16(12-18(28-2)20(17)29-14-15-7-4-3-5-8-15)13-23-26-21(24-25-22(26)30)19-9-6-10-31-19/h3-13H,14H2,1-2H3,(H,25,30)/b23-13-. The predicted molar refractivity (Wildman–Crippen MR) is 124 cm³/mol. The number of rotatable bonds is 8. The molecule has 0 amide bonds. The first-order valence-corrected chi connectivity index (χ1v) is 10.7. The molecule has 0 bridgehead atoms. The molecule has 0 aliphatic rings. The molecular weight excluding hydrogens is 432 g/mol. The van der Waals surface area contributed by atoms with E-state index in [9.17, 15) is 0 Å². The molecule has 4 aromatic rings. The second-order valence-corrected chi connectivity index (χ2v) is 7.75. The monoisotopic (exact) mass is 452 g/mol. The van der Waals surface area contributed by atoms with E-state index in [1.54, 1.807) is 36.4 Å². The number of hydrogen-bond acceptors (Lipinski definition) is 7. The van der Waals surface area contributed by atoms with Crippen LogP contribution >= 0.6 is 23.6 Å². The van der Waals surface area contributed by atoms with E-state index in [1.807, 2.05) is 60.0 Å². The normalized spacial score (nSPS) is 11.0. The van der Waals surface area contributed by atoms with Crippen molar-refractivity contribution in [1.82, 2.24) is 14.9 Å². The summed E-state index contributed by atoms with van der Waals surface area (Å²) in [6, 6.07) is 17.5. The number of nitrogens with one attached hydrogen (secondary N) is 1. The van der Waals surface area contributed by atoms with E-state index in [2.05, 4.69) is 15.3 Å². The zero-order chi connectivity index (χ0) is 21.6. The Hall–Kier alpha value is -3.43. The number of benzene rings is 2. The highest BCUT2D eigenvalue weighted by atomic mass is 32.1. The van der Waals surface area contributed by atoms with Crippen LogP contribution in [0.5, 0.6) is 17.2 Å². The van der Waals surface area contributed by atoms with Crippen LogP contribution in [0, 0.1) is 4.77 Å². The molecule has 0 radical (unpaired) electrons. The third-order valence-corrected chi connectivity index (χ3v) is 5.55. The highest BCUT2D eigenvalue weighted by Crippen LogP contribution is 2.38. The molecule has 0 fully saturated rings. The minimum absolute atomic E-state index is 0.398. The van der Waals surface area contributed by atoms with Gasteiger partial charge in [0.25, 0.3) is 0 Å². The fraction of sp³-hybridized carbons (Fsp3) is 0.136. The van der Waals surface area contributed by atoms with Crippen LogP contribution in [0.25, 0.3) is 10.7 Å². The minimum Gasteiger partial charge on any atom is -0.493 e. The molecule has 1 N–H and O–H groups in total. The topological polar surface area (TPSA) is 73.7 Å². The molecule has 0 aliphatic heterocycles. The quantitative estimate of drug-likeness (QED) is 0.296. The Morgan fingerprint density at radius 1 is 1.10 bits per heavy atom. The Morgan fingerprint density at radius 2 is 1.84 bits per heavy atom. The van der Waals surface area contributed by atoms with Crippen LogP contribution in [0.2, 0.25) is 0 Å². The summed E-state index contributed by atoms with van der Waals surface area (Å²) in [5, 5.41) is 13.6. The van der Waals surface area contributed by atoms with Gasteiger partial charge >= 0.3 is 0 Å². The molecule has 0 saturated carbocycles. The largest absolute Gasteiger partial charge is 0.493 e. The summed E-state index contributed by atoms with van der Waals surface area (Å²) < 4.78 is 19.1. The molecule has 0 saturated heterocycles. The summed E-state index contributed by atoms with van der Waals surface area (Å²) in [4.78, 5) is 0.962. The predicted octanol–water partition coefficient (Wildman–Crippen LogP) is 5.15. The Kier molecular flexibility index (Phi) is 6.44. The van der Waals surface area contributed by atoms with Gasteiger partial charge in [-0.2, -0.15) is 14.9 Å². The van der Waals surface area contributed by atoms with Crippen molar-refractivity contribution in [3.63, 3.8) is 0 Å². The van der Waals surface area contributed by atoms with Crippen molar-refractivity contribution in [2.75, 3.05) is 14.2 Å². The summed E-state index contributed by atoms with van der Waals surface area (Å²) in [6.07, 6.45) is 1.68. The average molecular weight is 453 g/mol. The lowest BCUT2D eigenvalue weighted by Crippen LogP contribution is -2.01. The number of methoxy groups -OCH3 is 2. The molecular formula is C22H20N4O3S2. The first kappa shape index (κ1) is 20.8. The van der Waals surface area contributed by atoms with Crippen molar-refractivity contribution in [3.8, 4) is 28.0 Å². The number of aromatic nitrogens is 3. The van der Waals surface area contributed by atoms with E-state index in [0.29, 0.717) is 34.5 Å². The zero-order valence-corrected chi connectivity index (χ0v) is 18.6. The first-order valence-electron chi connectivity index (χ1n) is 9.38. The van der Waals surface area contributed by atoms with Crippen molar-refractivity contribution in [3.05, 3.63) is 75.9 Å². The van der Waals surface area contributed by atoms with Crippen molar-refractivity contribution < 1.29 is 14.2 Å². The van der Waals surface area contributed by atoms with Crippen LogP contribution < -0.4 is 14.2 Å². The maximum atomic E-state index is 6.00. The van der Waals surface area contributed by atoms with E-state index in [1.165, 1.54) is 0 Å². The molecule has 158 valence electrons. The van der Waals surface area contributed by atoms with Gasteiger partial charge in [-0.15, -0.1) is 11.3 Å². The molecule has 0 unspecified atom stereocenters. The third-order valence-electron chi connectivity index (χ3n) is 4.42. The summed E-state index contributed by atoms with van der Waals surface area (Å²) in [7, 11) is 3.18. The molecule has 0 aliphatic carbocycles. The number of aromatic amines is 1. The van der Waals surface area contributed by atoms with Gasteiger partial charge in [-0.3, -0.25) is 0 Å². The molecule has 2 aromatic carbocycles. The minimum atomic E-state index is 0.398. The van der Waals surface area contributed by atoms with Crippen molar-refractivity contribution in [1.29, 1.82) is 0 Å². The van der Waals surface area contributed by atoms with Crippen LogP contribution in [0.3, 0.4) is 0 Å². The molecule has 0 spiro atoms. The highest BCUT2D eigenvalue weighted by molar-refractivity contribution is 7.71. The number of thiophene rings is 1. The molecule has 9 heteroatoms. The lowest BCUT2D eigenvalue weighted by Gasteiger charge is -2.15. The Labute approximate surface area is 188 Å². The molecule has 2 aromatic heterocycles. The SMILES string of the molecule is COc1cc(/C=N\n2c(-c3cccs3)n[nH]c2=S)cc(OC)c1OCc1ccccc1. The lowest BCUT2D eigenvalue weighted by atomic mass is 10.2. The van der Waals surface area contributed by atoms with Crippen LogP contribution in [0.1, 0.15) is 11.1 Å². The van der Waals surface area contributed by atoms with E-state index >= 15 is 0 Å². The number of hydrogen-bond donors (Lipinski definition) is 1. The summed E-state index contributed by atoms with van der Waals surface area (Å²) >= 11 is 6.89. The number of nitrogens with zero attached hydrogens (tertiary/aromatic N) is 3. The van der Waals surface area contributed by atoms with Gasteiger partial charge in [-0.1, -0.05) is 36.4 Å². The molecule has 0 atom stereocenters. The van der Waals surface area contributed by atoms with E-state index < -0.39 is 0 Å². The highest BCUT2D eigenvalue weighted by Gasteiger charge is 2.15. The summed E-state index contributed by atoms with van der Waals surface area (Å²) in [5.41, 5.74) is 1.81. The number of H-pyrrole nitrogens is 1. The van der Waals surface area contributed by atoms with Crippen LogP contribution in [0.15, 0.2) is 65.1 Å². The van der Waals surface area contributed by atoms with Crippen molar-refractivity contribution >= 4 is 29.8 Å². The van der Waals surface area contributed by atoms with Gasteiger partial charge in [0, 0.05) is 5.56 Å². The Balaban J connectivity index is 1.63. The molecule has 4 rings (SSSR count). The smallest absolute Gasteiger partial charge is 0.216 e. The Morgan fingerprint density at radius 3 is 2.48 bits per heavy atom. The summed E-state index contributed by atoms with van der Waals surface area (Å²) in [6.45, 7) is 0.398. The van der Waals surface area contributed by atoms with Gasteiger partial charge < -0.3 is 14.2 Å². The maximum Gasteiger partial charge on any atom is 0.216 e. The van der Waals surface area contributed by atoms with Gasteiger partial charge in [-0.05, 0) is 41.4 Å². The van der Waals surface area contributed by atoms with Crippen molar-refractivity contribution in [2.24, 2.45) is 5.10 Å². The summed E-state index contributed by atoms with van der Waals surface area (Å²) in [5.74, 6) is 2.28. The van der Waals surface area contributed by atoms with Crippen LogP contribution in [-0.4, -0.2) is 35.3 Å². The Bertz CT molecular complexity index is 1210. The van der Waals surface area contributed by atoms with Gasteiger partial charge in [0.15, 0.2) is 17.3 Å². The molecule has 2 heterocycles. The van der Waals surface area contributed by atoms with Gasteiger partial charge in [0.05, 0.1) is 25.3 Å². The lowest BCUT2D eigenvalue weighted by molar-refractivity contribution is 0.266. The first-order chi connectivity index (χ1) is 15.2. The molecule has 31 heavy (non-hydrogen) atoms.